The first-order chi connectivity index (χ1) is 20.9. The number of anilines is 2. The number of fused-ring (bicyclic) bond motifs is 2. The molecule has 1 spiro atoms. The lowest BCUT2D eigenvalue weighted by Gasteiger charge is -2.37. The molecule has 0 saturated carbocycles. The van der Waals surface area contributed by atoms with Crippen molar-refractivity contribution in [1.82, 2.24) is 15.3 Å². The number of ether oxygens (including phenoxy) is 2. The summed E-state index contributed by atoms with van der Waals surface area (Å²) in [6.07, 6.45) is 1.88. The average molecular weight is 647 g/mol. The number of aliphatic hydroxyl groups excluding tert-OH is 1. The van der Waals surface area contributed by atoms with E-state index in [1.54, 1.807) is 30.3 Å². The zero-order chi connectivity index (χ0) is 31.8. The van der Waals surface area contributed by atoms with Gasteiger partial charge >= 0.3 is 0 Å². The number of carbonyl (C=O) groups excluding carboxylic acids is 2. The first-order valence-electron chi connectivity index (χ1n) is 14.1. The SMILES string of the molecule is COc1cc(OCCO)ccc1NC(=O)CC1NC(CC(C)(C)C)C2(C(=O)Nc3nc(Cl)ncc32)C1c1cccc(Cl)c1F. The highest BCUT2D eigenvalue weighted by Crippen LogP contribution is 2.57. The molecule has 3 aromatic rings. The van der Waals surface area contributed by atoms with Crippen LogP contribution in [-0.4, -0.2) is 59.3 Å². The maximum Gasteiger partial charge on any atom is 0.238 e. The predicted octanol–water partition coefficient (Wildman–Crippen LogP) is 5.08. The molecular formula is C31H34Cl2FN5O5. The van der Waals surface area contributed by atoms with E-state index in [0.717, 1.165) is 0 Å². The third-order valence-electron chi connectivity index (χ3n) is 8.02. The van der Waals surface area contributed by atoms with Gasteiger partial charge in [-0.25, -0.2) is 14.4 Å². The minimum atomic E-state index is -1.38. The van der Waals surface area contributed by atoms with Crippen LogP contribution in [0, 0.1) is 11.2 Å². The van der Waals surface area contributed by atoms with Gasteiger partial charge in [0.25, 0.3) is 0 Å². The van der Waals surface area contributed by atoms with Crippen molar-refractivity contribution < 1.29 is 28.6 Å². The summed E-state index contributed by atoms with van der Waals surface area (Å²) in [4.78, 5) is 36.3. The van der Waals surface area contributed by atoms with Gasteiger partial charge in [0.05, 0.1) is 24.4 Å². The van der Waals surface area contributed by atoms with E-state index in [4.69, 9.17) is 37.8 Å². The van der Waals surface area contributed by atoms with Gasteiger partial charge in [0.15, 0.2) is 0 Å². The lowest BCUT2D eigenvalue weighted by Crippen LogP contribution is -2.49. The van der Waals surface area contributed by atoms with E-state index in [-0.39, 0.29) is 46.7 Å². The van der Waals surface area contributed by atoms with E-state index in [1.807, 2.05) is 20.8 Å². The summed E-state index contributed by atoms with van der Waals surface area (Å²) >= 11 is 12.4. The molecule has 10 nitrogen and oxygen atoms in total. The Labute approximate surface area is 264 Å². The molecule has 4 unspecified atom stereocenters. The lowest BCUT2D eigenvalue weighted by atomic mass is 9.62. The first-order valence-corrected chi connectivity index (χ1v) is 14.9. The molecule has 1 saturated heterocycles. The Balaban J connectivity index is 1.58. The van der Waals surface area contributed by atoms with Crippen molar-refractivity contribution in [2.45, 2.75) is 57.0 Å². The van der Waals surface area contributed by atoms with E-state index in [2.05, 4.69) is 25.9 Å². The summed E-state index contributed by atoms with van der Waals surface area (Å²) in [6.45, 7) is 6.09. The molecule has 0 aliphatic carbocycles. The van der Waals surface area contributed by atoms with E-state index >= 15 is 4.39 Å². The number of aliphatic hydroxyl groups is 1. The number of benzene rings is 2. The molecule has 0 radical (unpaired) electrons. The van der Waals surface area contributed by atoms with Crippen LogP contribution in [0.5, 0.6) is 11.5 Å². The van der Waals surface area contributed by atoms with Crippen LogP contribution in [0.15, 0.2) is 42.6 Å². The molecule has 2 aromatic carbocycles. The average Bonchev–Trinajstić information content (AvgIpc) is 3.41. The highest BCUT2D eigenvalue weighted by atomic mass is 35.5. The molecule has 4 atom stereocenters. The molecule has 5 rings (SSSR count). The van der Waals surface area contributed by atoms with Crippen LogP contribution in [0.25, 0.3) is 0 Å². The Hall–Kier alpha value is -3.51. The van der Waals surface area contributed by atoms with Gasteiger partial charge in [-0.3, -0.25) is 9.59 Å². The zero-order valence-corrected chi connectivity index (χ0v) is 26.2. The summed E-state index contributed by atoms with van der Waals surface area (Å²) in [5, 5.41) is 18.2. The molecule has 2 amide bonds. The van der Waals surface area contributed by atoms with Gasteiger partial charge in [-0.05, 0) is 47.2 Å². The molecule has 13 heteroatoms. The number of hydrogen-bond acceptors (Lipinski definition) is 8. The Bertz CT molecular complexity index is 1590. The van der Waals surface area contributed by atoms with Crippen LogP contribution in [0.1, 0.15) is 50.7 Å². The predicted molar refractivity (Wildman–Crippen MR) is 165 cm³/mol. The first kappa shape index (κ1) is 31.9. The highest BCUT2D eigenvalue weighted by Gasteiger charge is 2.65. The lowest BCUT2D eigenvalue weighted by molar-refractivity contribution is -0.122. The third kappa shape index (κ3) is 5.93. The van der Waals surface area contributed by atoms with Crippen molar-refractivity contribution in [3.63, 3.8) is 0 Å². The molecule has 0 bridgehead atoms. The second-order valence-corrected chi connectivity index (χ2v) is 12.9. The molecule has 1 fully saturated rings. The molecule has 2 aliphatic rings. The normalized spacial score (nSPS) is 22.5. The number of hydrogen-bond donors (Lipinski definition) is 4. The van der Waals surface area contributed by atoms with Crippen molar-refractivity contribution in [1.29, 1.82) is 0 Å². The molecule has 3 heterocycles. The molecule has 44 heavy (non-hydrogen) atoms. The zero-order valence-electron chi connectivity index (χ0n) is 24.7. The molecule has 4 N–H and O–H groups in total. The quantitative estimate of drug-likeness (QED) is 0.237. The van der Waals surface area contributed by atoms with Crippen LogP contribution < -0.4 is 25.4 Å². The highest BCUT2D eigenvalue weighted by molar-refractivity contribution is 6.30. The number of aromatic nitrogens is 2. The number of rotatable bonds is 9. The number of amides is 2. The van der Waals surface area contributed by atoms with Crippen LogP contribution in [-0.2, 0) is 15.0 Å². The standard InChI is InChI=1S/C31H34Cl2FN5O5/c1-30(2,3)14-23-31(18-15-35-29(33)39-27(18)38-28(31)42)25(17-6-5-7-19(32)26(17)34)21(36-23)13-24(41)37-20-9-8-16(44-11-10-40)12-22(20)43-4/h5-9,12,15,21,23,25,36,40H,10-11,13-14H2,1-4H3,(H,37,41)(H,35,38,39,42). The van der Waals surface area contributed by atoms with Crippen molar-refractivity contribution in [3.05, 3.63) is 69.8 Å². The van der Waals surface area contributed by atoms with Crippen LogP contribution in [0.2, 0.25) is 10.3 Å². The van der Waals surface area contributed by atoms with Crippen LogP contribution in [0.3, 0.4) is 0 Å². The topological polar surface area (TPSA) is 135 Å². The Morgan fingerprint density at radius 3 is 2.70 bits per heavy atom. The summed E-state index contributed by atoms with van der Waals surface area (Å²) in [7, 11) is 1.46. The van der Waals surface area contributed by atoms with Gasteiger partial charge < -0.3 is 30.5 Å². The van der Waals surface area contributed by atoms with E-state index < -0.39 is 41.0 Å². The second kappa shape index (κ2) is 12.5. The molecule has 234 valence electrons. The Morgan fingerprint density at radius 2 is 2.00 bits per heavy atom. The van der Waals surface area contributed by atoms with Gasteiger partial charge in [0, 0.05) is 42.2 Å². The van der Waals surface area contributed by atoms with Gasteiger partial charge in [0.2, 0.25) is 17.1 Å². The number of nitrogens with zero attached hydrogens (tertiary/aromatic N) is 2. The largest absolute Gasteiger partial charge is 0.494 e. The van der Waals surface area contributed by atoms with Crippen molar-refractivity contribution >= 4 is 46.5 Å². The second-order valence-electron chi connectivity index (χ2n) is 12.1. The van der Waals surface area contributed by atoms with Crippen molar-refractivity contribution in [3.8, 4) is 11.5 Å². The fraction of sp³-hybridized carbons (Fsp3) is 0.419. The minimum Gasteiger partial charge on any atom is -0.494 e. The number of methoxy groups -OCH3 is 1. The van der Waals surface area contributed by atoms with Gasteiger partial charge in [-0.2, -0.15) is 0 Å². The number of nitrogens with one attached hydrogen (secondary N) is 3. The fourth-order valence-corrected chi connectivity index (χ4v) is 6.74. The van der Waals surface area contributed by atoms with Crippen LogP contribution >= 0.6 is 23.2 Å². The van der Waals surface area contributed by atoms with Crippen molar-refractivity contribution in [2.24, 2.45) is 5.41 Å². The summed E-state index contributed by atoms with van der Waals surface area (Å²) in [5.74, 6) is -1.26. The van der Waals surface area contributed by atoms with Crippen molar-refractivity contribution in [2.75, 3.05) is 31.0 Å². The molecule has 1 aromatic heterocycles. The summed E-state index contributed by atoms with van der Waals surface area (Å²) in [6, 6.07) is 8.29. The minimum absolute atomic E-state index is 0.0393. The maximum atomic E-state index is 15.9. The third-order valence-corrected chi connectivity index (χ3v) is 8.49. The van der Waals surface area contributed by atoms with Gasteiger partial charge in [-0.15, -0.1) is 0 Å². The molecular weight excluding hydrogens is 612 g/mol. The maximum absolute atomic E-state index is 15.9. The number of halogens is 3. The Morgan fingerprint density at radius 1 is 1.23 bits per heavy atom. The van der Waals surface area contributed by atoms with E-state index in [9.17, 15) is 9.59 Å². The summed E-state index contributed by atoms with van der Waals surface area (Å²) in [5.41, 5.74) is -0.581. The van der Waals surface area contributed by atoms with Crippen LogP contribution in [0.4, 0.5) is 15.9 Å². The number of carbonyl (C=O) groups is 2. The Kier molecular flexibility index (Phi) is 9.04. The smallest absolute Gasteiger partial charge is 0.238 e. The fourth-order valence-electron chi connectivity index (χ4n) is 6.43. The van der Waals surface area contributed by atoms with E-state index in [0.29, 0.717) is 29.2 Å². The van der Waals surface area contributed by atoms with E-state index in [1.165, 1.54) is 19.4 Å². The van der Waals surface area contributed by atoms with Gasteiger partial charge in [-0.1, -0.05) is 44.5 Å². The molecule has 2 aliphatic heterocycles. The van der Waals surface area contributed by atoms with Gasteiger partial charge in [0.1, 0.15) is 35.2 Å². The summed E-state index contributed by atoms with van der Waals surface area (Å²) < 4.78 is 26.8. The monoisotopic (exact) mass is 645 g/mol.